The highest BCUT2D eigenvalue weighted by atomic mass is 127. The van der Waals surface area contributed by atoms with Crippen LogP contribution in [-0.4, -0.2) is 18.0 Å². The van der Waals surface area contributed by atoms with Gasteiger partial charge >= 0.3 is 0 Å². The quantitative estimate of drug-likeness (QED) is 0.765. The lowest BCUT2D eigenvalue weighted by Crippen LogP contribution is -2.50. The normalized spacial score (nSPS) is 22.5. The maximum atomic E-state index is 12.5. The van der Waals surface area contributed by atoms with Crippen molar-refractivity contribution in [1.29, 1.82) is 0 Å². The van der Waals surface area contributed by atoms with Crippen LogP contribution < -0.4 is 10.6 Å². The van der Waals surface area contributed by atoms with Gasteiger partial charge in [-0.3, -0.25) is 4.79 Å². The summed E-state index contributed by atoms with van der Waals surface area (Å²) in [5.41, 5.74) is 0.275. The zero-order chi connectivity index (χ0) is 13.9. The van der Waals surface area contributed by atoms with Gasteiger partial charge in [-0.2, -0.15) is 0 Å². The number of halogens is 2. The summed E-state index contributed by atoms with van der Waals surface area (Å²) >= 11 is 8.36. The molecule has 1 amide bonds. The van der Waals surface area contributed by atoms with Gasteiger partial charge in [0.1, 0.15) is 0 Å². The van der Waals surface area contributed by atoms with Crippen LogP contribution in [0, 0.1) is 3.57 Å². The maximum Gasteiger partial charge on any atom is 0.244 e. The average molecular weight is 393 g/mol. The molecule has 0 radical (unpaired) electrons. The van der Waals surface area contributed by atoms with Gasteiger partial charge < -0.3 is 10.6 Å². The predicted octanol–water partition coefficient (Wildman–Crippen LogP) is 3.81. The molecule has 1 aromatic rings. The molecule has 2 N–H and O–H groups in total. The number of benzene rings is 1. The molecule has 1 aromatic carbocycles. The molecule has 1 atom stereocenters. The van der Waals surface area contributed by atoms with Crippen LogP contribution in [-0.2, 0) is 4.79 Å². The number of hydrogen-bond acceptors (Lipinski definition) is 2. The van der Waals surface area contributed by atoms with E-state index in [0.717, 1.165) is 35.8 Å². The Hall–Kier alpha value is -0.330. The molecule has 1 unspecified atom stereocenters. The summed E-state index contributed by atoms with van der Waals surface area (Å²) in [7, 11) is 0. The Morgan fingerprint density at radius 1 is 1.58 bits per heavy atom. The second-order valence-corrected chi connectivity index (χ2v) is 6.59. The molecule has 0 saturated carbocycles. The van der Waals surface area contributed by atoms with Gasteiger partial charge in [-0.15, -0.1) is 0 Å². The van der Waals surface area contributed by atoms with Crippen LogP contribution in [0.15, 0.2) is 18.2 Å². The van der Waals surface area contributed by atoms with Gasteiger partial charge in [0, 0.05) is 3.57 Å². The minimum atomic E-state index is -0.416. The largest absolute Gasteiger partial charge is 0.323 e. The average Bonchev–Trinajstić information content (AvgIpc) is 2.83. The van der Waals surface area contributed by atoms with E-state index in [1.165, 1.54) is 0 Å². The van der Waals surface area contributed by atoms with Gasteiger partial charge in [0.2, 0.25) is 5.91 Å². The molecule has 0 aromatic heterocycles. The Morgan fingerprint density at radius 2 is 2.37 bits per heavy atom. The monoisotopic (exact) mass is 392 g/mol. The van der Waals surface area contributed by atoms with Crippen LogP contribution in [0.5, 0.6) is 0 Å². The molecule has 1 aliphatic heterocycles. The number of hydrogen-bond donors (Lipinski definition) is 2. The van der Waals surface area contributed by atoms with Crippen LogP contribution in [0.2, 0.25) is 5.02 Å². The lowest BCUT2D eigenvalue weighted by molar-refractivity contribution is -0.122. The third-order valence-corrected chi connectivity index (χ3v) is 4.52. The van der Waals surface area contributed by atoms with E-state index in [0.29, 0.717) is 10.7 Å². The van der Waals surface area contributed by atoms with E-state index in [9.17, 15) is 4.79 Å². The van der Waals surface area contributed by atoms with Gasteiger partial charge in [-0.25, -0.2) is 0 Å². The standard InChI is InChI=1S/C14H18ClIN2O/c1-2-6-14(7-3-8-17-14)13(19)18-12-5-4-10(16)9-11(12)15/h4-5,9,17H,2-3,6-8H2,1H3,(H,18,19). The number of amides is 1. The number of carbonyl (C=O) groups excluding carboxylic acids is 1. The SMILES string of the molecule is CCCC1(C(=O)Nc2ccc(I)cc2Cl)CCCN1. The van der Waals surface area contributed by atoms with E-state index in [2.05, 4.69) is 40.1 Å². The molecule has 104 valence electrons. The summed E-state index contributed by atoms with van der Waals surface area (Å²) in [4.78, 5) is 12.5. The first kappa shape index (κ1) is 15.1. The lowest BCUT2D eigenvalue weighted by atomic mass is 9.91. The Bertz CT molecular complexity index is 473. The third-order valence-electron chi connectivity index (χ3n) is 3.53. The topological polar surface area (TPSA) is 41.1 Å². The zero-order valence-electron chi connectivity index (χ0n) is 10.9. The lowest BCUT2D eigenvalue weighted by Gasteiger charge is -2.28. The Morgan fingerprint density at radius 3 is 2.95 bits per heavy atom. The number of anilines is 1. The van der Waals surface area contributed by atoms with Gasteiger partial charge in [0.25, 0.3) is 0 Å². The van der Waals surface area contributed by atoms with Crippen molar-refractivity contribution >= 4 is 45.8 Å². The summed E-state index contributed by atoms with van der Waals surface area (Å²) in [6.45, 7) is 3.01. The first-order valence-electron chi connectivity index (χ1n) is 6.59. The summed E-state index contributed by atoms with van der Waals surface area (Å²) < 4.78 is 1.06. The highest BCUT2D eigenvalue weighted by Crippen LogP contribution is 2.29. The number of rotatable bonds is 4. The summed E-state index contributed by atoms with van der Waals surface area (Å²) in [5, 5.41) is 6.92. The molecular formula is C14H18ClIN2O. The van der Waals surface area contributed by atoms with E-state index in [1.807, 2.05) is 18.2 Å². The van der Waals surface area contributed by atoms with E-state index >= 15 is 0 Å². The molecule has 1 heterocycles. The fourth-order valence-electron chi connectivity index (χ4n) is 2.59. The minimum Gasteiger partial charge on any atom is -0.323 e. The summed E-state index contributed by atoms with van der Waals surface area (Å²) in [6, 6.07) is 5.65. The smallest absolute Gasteiger partial charge is 0.244 e. The van der Waals surface area contributed by atoms with Gasteiger partial charge in [0.05, 0.1) is 16.2 Å². The second-order valence-electron chi connectivity index (χ2n) is 4.94. The molecule has 0 aliphatic carbocycles. The van der Waals surface area contributed by atoms with Crippen molar-refractivity contribution in [2.24, 2.45) is 0 Å². The first-order chi connectivity index (χ1) is 9.07. The molecule has 0 bridgehead atoms. The van der Waals surface area contributed by atoms with Gasteiger partial charge in [0.15, 0.2) is 0 Å². The minimum absolute atomic E-state index is 0.0370. The van der Waals surface area contributed by atoms with E-state index in [-0.39, 0.29) is 5.91 Å². The second kappa shape index (κ2) is 6.41. The number of nitrogens with one attached hydrogen (secondary N) is 2. The molecule has 19 heavy (non-hydrogen) atoms. The van der Waals surface area contributed by atoms with Crippen LogP contribution in [0.25, 0.3) is 0 Å². The van der Waals surface area contributed by atoms with Crippen molar-refractivity contribution in [2.45, 2.75) is 38.1 Å². The van der Waals surface area contributed by atoms with Crippen molar-refractivity contribution in [3.05, 3.63) is 26.8 Å². The van der Waals surface area contributed by atoms with Crippen molar-refractivity contribution in [3.8, 4) is 0 Å². The Kier molecular flexibility index (Phi) is 5.09. The van der Waals surface area contributed by atoms with Crippen LogP contribution in [0.3, 0.4) is 0 Å². The van der Waals surface area contributed by atoms with Crippen molar-refractivity contribution in [3.63, 3.8) is 0 Å². The Balaban J connectivity index is 2.15. The summed E-state index contributed by atoms with van der Waals surface area (Å²) in [6.07, 6.45) is 3.80. The number of carbonyl (C=O) groups is 1. The molecular weight excluding hydrogens is 375 g/mol. The van der Waals surface area contributed by atoms with Crippen LogP contribution >= 0.6 is 34.2 Å². The van der Waals surface area contributed by atoms with Gasteiger partial charge in [-0.1, -0.05) is 24.9 Å². The molecule has 5 heteroatoms. The van der Waals surface area contributed by atoms with Crippen LogP contribution in [0.1, 0.15) is 32.6 Å². The van der Waals surface area contributed by atoms with Crippen molar-refractivity contribution < 1.29 is 4.79 Å². The molecule has 2 rings (SSSR count). The third kappa shape index (κ3) is 3.41. The van der Waals surface area contributed by atoms with E-state index in [1.54, 1.807) is 0 Å². The fraction of sp³-hybridized carbons (Fsp3) is 0.500. The van der Waals surface area contributed by atoms with E-state index < -0.39 is 5.54 Å². The molecule has 1 saturated heterocycles. The predicted molar refractivity (Wildman–Crippen MR) is 87.7 cm³/mol. The molecule has 1 aliphatic rings. The zero-order valence-corrected chi connectivity index (χ0v) is 13.8. The fourth-order valence-corrected chi connectivity index (χ4v) is 3.49. The van der Waals surface area contributed by atoms with Crippen molar-refractivity contribution in [2.75, 3.05) is 11.9 Å². The van der Waals surface area contributed by atoms with Crippen LogP contribution in [0.4, 0.5) is 5.69 Å². The first-order valence-corrected chi connectivity index (χ1v) is 8.04. The molecule has 1 fully saturated rings. The Labute approximate surface area is 132 Å². The van der Waals surface area contributed by atoms with Gasteiger partial charge in [-0.05, 0) is 66.6 Å². The summed E-state index contributed by atoms with van der Waals surface area (Å²) in [5.74, 6) is 0.0370. The van der Waals surface area contributed by atoms with E-state index in [4.69, 9.17) is 11.6 Å². The molecule has 3 nitrogen and oxygen atoms in total. The van der Waals surface area contributed by atoms with Crippen molar-refractivity contribution in [1.82, 2.24) is 5.32 Å². The maximum absolute atomic E-state index is 12.5. The molecule has 0 spiro atoms. The highest BCUT2D eigenvalue weighted by molar-refractivity contribution is 14.1. The highest BCUT2D eigenvalue weighted by Gasteiger charge is 2.40.